The maximum Gasteiger partial charge on any atom is 0.237 e. The summed E-state index contributed by atoms with van der Waals surface area (Å²) >= 11 is 3.04. The van der Waals surface area contributed by atoms with Gasteiger partial charge in [0.05, 0.1) is 12.3 Å². The highest BCUT2D eigenvalue weighted by Gasteiger charge is 2.16. The summed E-state index contributed by atoms with van der Waals surface area (Å²) in [5.41, 5.74) is 2.03. The number of carbonyl (C=O) groups excluding carboxylic acids is 1. The van der Waals surface area contributed by atoms with E-state index >= 15 is 0 Å². The molecule has 0 saturated carbocycles. The quantitative estimate of drug-likeness (QED) is 0.621. The monoisotopic (exact) mass is 340 g/mol. The largest absolute Gasteiger partial charge is 0.307 e. The van der Waals surface area contributed by atoms with Crippen LogP contribution in [0.3, 0.4) is 0 Å². The molecule has 1 aromatic heterocycles. The number of thiazole rings is 1. The minimum absolute atomic E-state index is 0.0836. The van der Waals surface area contributed by atoms with Gasteiger partial charge >= 0.3 is 0 Å². The molecule has 2 aromatic carbocycles. The van der Waals surface area contributed by atoms with Crippen LogP contribution in [0.4, 0.5) is 5.69 Å². The minimum atomic E-state index is 0.0836. The number of para-hydroxylation sites is 1. The maximum atomic E-state index is 12.7. The van der Waals surface area contributed by atoms with Crippen LogP contribution in [-0.2, 0) is 11.3 Å². The van der Waals surface area contributed by atoms with Crippen LogP contribution in [0.25, 0.3) is 0 Å². The molecule has 0 atom stereocenters. The molecule has 1 amide bonds. The van der Waals surface area contributed by atoms with Gasteiger partial charge in [0.15, 0.2) is 0 Å². The van der Waals surface area contributed by atoms with E-state index in [2.05, 4.69) is 4.98 Å². The minimum Gasteiger partial charge on any atom is -0.307 e. The smallest absolute Gasteiger partial charge is 0.237 e. The van der Waals surface area contributed by atoms with Crippen molar-refractivity contribution in [2.45, 2.75) is 10.9 Å². The second-order valence-electron chi connectivity index (χ2n) is 4.89. The molecule has 0 N–H and O–H groups in total. The molecule has 0 unspecified atom stereocenters. The topological polar surface area (TPSA) is 33.2 Å². The van der Waals surface area contributed by atoms with Crippen LogP contribution in [0, 0.1) is 0 Å². The lowest BCUT2D eigenvalue weighted by Crippen LogP contribution is -2.31. The zero-order valence-electron chi connectivity index (χ0n) is 12.5. The summed E-state index contributed by atoms with van der Waals surface area (Å²) < 4.78 is 0.922. The average molecular weight is 340 g/mol. The molecule has 3 aromatic rings. The molecular weight excluding hydrogens is 324 g/mol. The molecule has 0 aliphatic heterocycles. The van der Waals surface area contributed by atoms with E-state index in [1.165, 1.54) is 11.8 Å². The summed E-state index contributed by atoms with van der Waals surface area (Å²) in [7, 11) is 0. The first-order valence-corrected chi connectivity index (χ1v) is 9.11. The Hall–Kier alpha value is -2.11. The van der Waals surface area contributed by atoms with Gasteiger partial charge in [0, 0.05) is 17.3 Å². The van der Waals surface area contributed by atoms with Crippen molar-refractivity contribution < 1.29 is 4.79 Å². The fourth-order valence-electron chi connectivity index (χ4n) is 2.18. The number of hydrogen-bond donors (Lipinski definition) is 0. The Bertz CT molecular complexity index is 730. The lowest BCUT2D eigenvalue weighted by Gasteiger charge is -2.22. The van der Waals surface area contributed by atoms with Crippen molar-refractivity contribution in [3.63, 3.8) is 0 Å². The third-order valence-electron chi connectivity index (χ3n) is 3.28. The first-order valence-electron chi connectivity index (χ1n) is 7.24. The number of rotatable bonds is 6. The van der Waals surface area contributed by atoms with Gasteiger partial charge in [-0.2, -0.15) is 0 Å². The van der Waals surface area contributed by atoms with Crippen LogP contribution in [0.15, 0.2) is 76.6 Å². The molecule has 0 fully saturated rings. The van der Waals surface area contributed by atoms with Crippen LogP contribution in [-0.4, -0.2) is 16.6 Å². The highest BCUT2D eigenvalue weighted by atomic mass is 32.2. The van der Waals surface area contributed by atoms with Gasteiger partial charge in [0.1, 0.15) is 4.34 Å². The van der Waals surface area contributed by atoms with Crippen LogP contribution < -0.4 is 4.90 Å². The average Bonchev–Trinajstić information content (AvgIpc) is 3.13. The second-order valence-corrected chi connectivity index (χ2v) is 7.00. The summed E-state index contributed by atoms with van der Waals surface area (Å²) in [5, 5.41) is 1.92. The van der Waals surface area contributed by atoms with Crippen molar-refractivity contribution in [1.29, 1.82) is 0 Å². The fourth-order valence-corrected chi connectivity index (χ4v) is 3.69. The molecule has 0 aliphatic carbocycles. The van der Waals surface area contributed by atoms with Gasteiger partial charge in [-0.15, -0.1) is 11.3 Å². The number of hydrogen-bond acceptors (Lipinski definition) is 4. The fraction of sp³-hybridized carbons (Fsp3) is 0.111. The number of aromatic nitrogens is 1. The Balaban J connectivity index is 1.75. The molecule has 0 aliphatic rings. The molecule has 1 heterocycles. The highest BCUT2D eigenvalue weighted by Crippen LogP contribution is 2.23. The van der Waals surface area contributed by atoms with Crippen LogP contribution in [0.2, 0.25) is 0 Å². The van der Waals surface area contributed by atoms with E-state index in [4.69, 9.17) is 0 Å². The third-order valence-corrected chi connectivity index (χ3v) is 5.23. The Labute approximate surface area is 144 Å². The molecule has 0 radical (unpaired) electrons. The van der Waals surface area contributed by atoms with Gasteiger partial charge in [-0.3, -0.25) is 4.79 Å². The predicted molar refractivity (Wildman–Crippen MR) is 96.9 cm³/mol. The normalized spacial score (nSPS) is 10.4. The van der Waals surface area contributed by atoms with Crippen LogP contribution in [0.1, 0.15) is 5.56 Å². The van der Waals surface area contributed by atoms with Crippen molar-refractivity contribution in [2.75, 3.05) is 10.7 Å². The Morgan fingerprint density at radius 2 is 1.74 bits per heavy atom. The van der Waals surface area contributed by atoms with Crippen molar-refractivity contribution in [1.82, 2.24) is 4.98 Å². The number of benzene rings is 2. The lowest BCUT2D eigenvalue weighted by atomic mass is 10.2. The van der Waals surface area contributed by atoms with Gasteiger partial charge in [-0.05, 0) is 17.7 Å². The van der Waals surface area contributed by atoms with E-state index in [9.17, 15) is 4.79 Å². The Kier molecular flexibility index (Phi) is 5.45. The molecule has 3 nitrogen and oxygen atoms in total. The molecule has 0 bridgehead atoms. The molecule has 0 saturated heterocycles. The first kappa shape index (κ1) is 15.8. The Morgan fingerprint density at radius 3 is 2.39 bits per heavy atom. The number of nitrogens with zero attached hydrogens (tertiary/aromatic N) is 2. The molecule has 116 valence electrons. The summed E-state index contributed by atoms with van der Waals surface area (Å²) in [6.45, 7) is 0.572. The van der Waals surface area contributed by atoms with Crippen LogP contribution in [0.5, 0.6) is 0 Å². The zero-order chi connectivity index (χ0) is 15.9. The molecule has 3 rings (SSSR count). The van der Waals surface area contributed by atoms with Gasteiger partial charge in [0.2, 0.25) is 5.91 Å². The standard InChI is InChI=1S/C18H16N2OS2/c21-17(14-23-18-19-11-12-22-18)20(16-9-5-2-6-10-16)13-15-7-3-1-4-8-15/h1-12H,13-14H2. The number of thioether (sulfide) groups is 1. The number of carbonyl (C=O) groups is 1. The maximum absolute atomic E-state index is 12.7. The molecule has 5 heteroatoms. The Morgan fingerprint density at radius 1 is 1.04 bits per heavy atom. The zero-order valence-corrected chi connectivity index (χ0v) is 14.1. The van der Waals surface area contributed by atoms with E-state index in [-0.39, 0.29) is 5.91 Å². The number of anilines is 1. The van der Waals surface area contributed by atoms with Gasteiger partial charge in [-0.1, -0.05) is 60.3 Å². The van der Waals surface area contributed by atoms with Crippen LogP contribution >= 0.6 is 23.1 Å². The SMILES string of the molecule is O=C(CSc1nccs1)N(Cc1ccccc1)c1ccccc1. The predicted octanol–water partition coefficient (Wildman–Crippen LogP) is 4.47. The lowest BCUT2D eigenvalue weighted by molar-refractivity contribution is -0.116. The van der Waals surface area contributed by atoms with E-state index < -0.39 is 0 Å². The highest BCUT2D eigenvalue weighted by molar-refractivity contribution is 8.01. The second kappa shape index (κ2) is 7.94. The summed E-state index contributed by atoms with van der Waals surface area (Å²) in [4.78, 5) is 18.8. The molecule has 0 spiro atoms. The summed E-state index contributed by atoms with van der Waals surface area (Å²) in [6, 6.07) is 19.8. The van der Waals surface area contributed by atoms with E-state index in [1.807, 2.05) is 70.9 Å². The summed E-state index contributed by atoms with van der Waals surface area (Å²) in [5.74, 6) is 0.468. The number of amides is 1. The van der Waals surface area contributed by atoms with E-state index in [0.717, 1.165) is 15.6 Å². The van der Waals surface area contributed by atoms with Crippen molar-refractivity contribution in [2.24, 2.45) is 0 Å². The van der Waals surface area contributed by atoms with E-state index in [0.29, 0.717) is 12.3 Å². The van der Waals surface area contributed by atoms with Gasteiger partial charge in [-0.25, -0.2) is 4.98 Å². The van der Waals surface area contributed by atoms with E-state index in [1.54, 1.807) is 17.5 Å². The van der Waals surface area contributed by atoms with Gasteiger partial charge < -0.3 is 4.90 Å². The molecule has 23 heavy (non-hydrogen) atoms. The summed E-state index contributed by atoms with van der Waals surface area (Å²) in [6.07, 6.45) is 1.76. The first-order chi connectivity index (χ1) is 11.3. The van der Waals surface area contributed by atoms with Gasteiger partial charge in [0.25, 0.3) is 0 Å². The van der Waals surface area contributed by atoms with Crippen molar-refractivity contribution in [3.05, 3.63) is 77.8 Å². The van der Waals surface area contributed by atoms with Crippen molar-refractivity contribution in [3.8, 4) is 0 Å². The third kappa shape index (κ3) is 4.43. The molecular formula is C18H16N2OS2. The van der Waals surface area contributed by atoms with Crippen molar-refractivity contribution >= 4 is 34.7 Å².